The lowest BCUT2D eigenvalue weighted by molar-refractivity contribution is -0.171. The first-order valence-corrected chi connectivity index (χ1v) is 19.5. The van der Waals surface area contributed by atoms with E-state index in [4.69, 9.17) is 18.9 Å². The molecule has 9 nitrogen and oxygen atoms in total. The van der Waals surface area contributed by atoms with Gasteiger partial charge >= 0.3 is 11.9 Å². The second kappa shape index (κ2) is 23.3. The van der Waals surface area contributed by atoms with Crippen LogP contribution in [-0.2, 0) is 42.0 Å². The van der Waals surface area contributed by atoms with Crippen LogP contribution in [0.3, 0.4) is 0 Å². The van der Waals surface area contributed by atoms with Crippen LogP contribution in [0.5, 0.6) is 11.5 Å². The van der Waals surface area contributed by atoms with E-state index in [9.17, 15) is 22.6 Å². The Bertz CT molecular complexity index is 1310. The highest BCUT2D eigenvalue weighted by Gasteiger charge is 2.38. The molecule has 0 aromatic heterocycles. The topological polar surface area (TPSA) is 125 Å². The van der Waals surface area contributed by atoms with E-state index in [1.165, 1.54) is 51.4 Å². The fourth-order valence-electron chi connectivity index (χ4n) is 5.37. The summed E-state index contributed by atoms with van der Waals surface area (Å²) in [6.07, 6.45) is 12.9. The van der Waals surface area contributed by atoms with Gasteiger partial charge in [-0.2, -0.15) is 8.42 Å². The van der Waals surface area contributed by atoms with Crippen molar-refractivity contribution >= 4 is 22.1 Å². The van der Waals surface area contributed by atoms with Gasteiger partial charge < -0.3 is 18.9 Å². The largest absolute Gasteiger partial charge is 0.455 e. The number of para-hydroxylation sites is 2. The van der Waals surface area contributed by atoms with Crippen molar-refractivity contribution in [2.75, 3.05) is 0 Å². The van der Waals surface area contributed by atoms with Crippen molar-refractivity contribution < 1.29 is 41.5 Å². The molecule has 2 aromatic carbocycles. The molecule has 10 heteroatoms. The summed E-state index contributed by atoms with van der Waals surface area (Å²) >= 11 is 0. The van der Waals surface area contributed by atoms with Crippen LogP contribution in [-0.4, -0.2) is 42.7 Å². The lowest BCUT2D eigenvalue weighted by Crippen LogP contribution is -2.38. The predicted octanol–water partition coefficient (Wildman–Crippen LogP) is 9.16. The summed E-state index contributed by atoms with van der Waals surface area (Å²) in [5, 5.41) is -2.18. The summed E-state index contributed by atoms with van der Waals surface area (Å²) in [6, 6.07) is 15.0. The lowest BCUT2D eigenvalue weighted by Gasteiger charge is -2.23. The molecule has 0 aliphatic heterocycles. The number of carbonyl (C=O) groups is 2. The number of ether oxygens (including phenoxy) is 4. The van der Waals surface area contributed by atoms with Crippen molar-refractivity contribution in [3.8, 4) is 11.5 Å². The molecule has 0 spiro atoms. The molecule has 0 aliphatic carbocycles. The fraction of sp³-hybridized carbons (Fsp3) is 0.632. The van der Waals surface area contributed by atoms with Crippen LogP contribution in [0.25, 0.3) is 0 Å². The molecular weight excluding hydrogens is 632 g/mol. The molecule has 0 amide bonds. The molecule has 0 aliphatic rings. The van der Waals surface area contributed by atoms with Crippen molar-refractivity contribution in [2.45, 2.75) is 155 Å². The summed E-state index contributed by atoms with van der Waals surface area (Å²) in [4.78, 5) is 26.0. The molecule has 3 unspecified atom stereocenters. The monoisotopic (exact) mass is 690 g/mol. The number of aryl methyl sites for hydroxylation is 2. The highest BCUT2D eigenvalue weighted by atomic mass is 32.2. The quantitative estimate of drug-likeness (QED) is 0.0445. The third kappa shape index (κ3) is 15.9. The minimum atomic E-state index is -5.01. The first-order valence-electron chi connectivity index (χ1n) is 18.0. The van der Waals surface area contributed by atoms with Crippen LogP contribution in [0.4, 0.5) is 0 Å². The first kappa shape index (κ1) is 41.1. The van der Waals surface area contributed by atoms with E-state index < -0.39 is 46.3 Å². The molecule has 0 saturated heterocycles. The molecule has 0 bridgehead atoms. The fourth-order valence-corrected chi connectivity index (χ4v) is 6.01. The molecule has 3 atom stereocenters. The van der Waals surface area contributed by atoms with Crippen molar-refractivity contribution in [3.05, 3.63) is 59.7 Å². The maximum Gasteiger partial charge on any atom is 0.330 e. The van der Waals surface area contributed by atoms with Crippen molar-refractivity contribution in [1.29, 1.82) is 0 Å². The van der Waals surface area contributed by atoms with Crippen LogP contribution in [0.1, 0.15) is 135 Å². The van der Waals surface area contributed by atoms with E-state index in [1.807, 2.05) is 36.4 Å². The third-order valence-electron chi connectivity index (χ3n) is 8.21. The van der Waals surface area contributed by atoms with Crippen molar-refractivity contribution in [3.63, 3.8) is 0 Å². The average Bonchev–Trinajstić information content (AvgIpc) is 3.06. The maximum atomic E-state index is 13.1. The molecule has 0 heterocycles. The Kier molecular flexibility index (Phi) is 19.9. The minimum absolute atomic E-state index is 0.212. The molecule has 2 aromatic rings. The Morgan fingerprint density at radius 3 is 1.48 bits per heavy atom. The molecule has 1 N–H and O–H groups in total. The van der Waals surface area contributed by atoms with Gasteiger partial charge in [0.2, 0.25) is 12.6 Å². The molecule has 48 heavy (non-hydrogen) atoms. The summed E-state index contributed by atoms with van der Waals surface area (Å²) in [7, 11) is -5.01. The zero-order chi connectivity index (χ0) is 35.2. The van der Waals surface area contributed by atoms with E-state index in [0.29, 0.717) is 11.5 Å². The number of hydrogen-bond acceptors (Lipinski definition) is 8. The molecule has 270 valence electrons. The van der Waals surface area contributed by atoms with Crippen LogP contribution in [0.15, 0.2) is 48.5 Å². The Balaban J connectivity index is 1.99. The van der Waals surface area contributed by atoms with Gasteiger partial charge in [0.1, 0.15) is 11.5 Å². The number of rotatable bonds is 26. The van der Waals surface area contributed by atoms with E-state index in [0.717, 1.165) is 49.7 Å². The first-order chi connectivity index (χ1) is 23.1. The Hall–Kier alpha value is -3.11. The van der Waals surface area contributed by atoms with Gasteiger partial charge in [0, 0.05) is 12.8 Å². The van der Waals surface area contributed by atoms with E-state index in [1.54, 1.807) is 26.0 Å². The van der Waals surface area contributed by atoms with Gasteiger partial charge in [-0.05, 0) is 48.9 Å². The predicted molar refractivity (Wildman–Crippen MR) is 189 cm³/mol. The summed E-state index contributed by atoms with van der Waals surface area (Å²) in [5.74, 6) is -1.20. The van der Waals surface area contributed by atoms with Crippen LogP contribution in [0, 0.1) is 0 Å². The zero-order valence-corrected chi connectivity index (χ0v) is 30.3. The summed E-state index contributed by atoms with van der Waals surface area (Å²) in [5.41, 5.74) is 1.94. The van der Waals surface area contributed by atoms with Crippen LogP contribution >= 0.6 is 0 Å². The van der Waals surface area contributed by atoms with Crippen molar-refractivity contribution in [2.24, 2.45) is 0 Å². The SMILES string of the molecule is CCCCCCCCc1ccccc1OC(CC)OC(=O)CC(C(=O)OC(CC)Oc1ccccc1CCCCCCCC)S(=O)(=O)O. The zero-order valence-electron chi connectivity index (χ0n) is 29.5. The summed E-state index contributed by atoms with van der Waals surface area (Å²) in [6.45, 7) is 7.86. The van der Waals surface area contributed by atoms with Crippen molar-refractivity contribution in [1.82, 2.24) is 0 Å². The average molecular weight is 691 g/mol. The van der Waals surface area contributed by atoms with Gasteiger partial charge in [0.25, 0.3) is 10.1 Å². The Morgan fingerprint density at radius 1 is 0.625 bits per heavy atom. The van der Waals surface area contributed by atoms with Gasteiger partial charge in [0.15, 0.2) is 5.25 Å². The molecular formula is C38H58O9S. The number of benzene rings is 2. The molecule has 2 rings (SSSR count). The highest BCUT2D eigenvalue weighted by molar-refractivity contribution is 7.87. The van der Waals surface area contributed by atoms with Gasteiger partial charge in [-0.1, -0.05) is 128 Å². The highest BCUT2D eigenvalue weighted by Crippen LogP contribution is 2.25. The Morgan fingerprint density at radius 2 is 1.04 bits per heavy atom. The molecule has 0 fully saturated rings. The van der Waals surface area contributed by atoms with Crippen LogP contribution in [0.2, 0.25) is 0 Å². The maximum absolute atomic E-state index is 13.1. The Labute approximate surface area is 288 Å². The smallest absolute Gasteiger partial charge is 0.330 e. The second-order valence-corrected chi connectivity index (χ2v) is 13.9. The normalized spacial score (nSPS) is 13.4. The van der Waals surface area contributed by atoms with Gasteiger partial charge in [-0.3, -0.25) is 14.1 Å². The lowest BCUT2D eigenvalue weighted by atomic mass is 10.0. The summed E-state index contributed by atoms with van der Waals surface area (Å²) < 4.78 is 57.2. The molecule has 0 saturated carbocycles. The van der Waals surface area contributed by atoms with E-state index in [-0.39, 0.29) is 12.8 Å². The second-order valence-electron chi connectivity index (χ2n) is 12.3. The number of esters is 2. The van der Waals surface area contributed by atoms with Gasteiger partial charge in [0.05, 0.1) is 6.42 Å². The van der Waals surface area contributed by atoms with Gasteiger partial charge in [-0.15, -0.1) is 0 Å². The van der Waals surface area contributed by atoms with E-state index >= 15 is 0 Å². The molecule has 0 radical (unpaired) electrons. The van der Waals surface area contributed by atoms with Crippen LogP contribution < -0.4 is 9.47 Å². The number of carbonyl (C=O) groups excluding carboxylic acids is 2. The van der Waals surface area contributed by atoms with E-state index in [2.05, 4.69) is 13.8 Å². The number of hydrogen-bond donors (Lipinski definition) is 1. The third-order valence-corrected chi connectivity index (χ3v) is 9.29. The number of unbranched alkanes of at least 4 members (excludes halogenated alkanes) is 10. The minimum Gasteiger partial charge on any atom is -0.455 e. The standard InChI is InChI=1S/C38H58O9S/c1-5-9-11-13-15-17-23-30-25-19-21-27-32(30)44-36(7-3)46-35(39)29-34(48(41,42)43)38(40)47-37(8-4)45-33-28-22-20-26-31(33)24-18-16-14-12-10-6-2/h19-22,25-28,34,36-37H,5-18,23-24,29H2,1-4H3,(H,41,42,43). The van der Waals surface area contributed by atoms with Gasteiger partial charge in [-0.25, -0.2) is 0 Å².